The van der Waals surface area contributed by atoms with Gasteiger partial charge in [-0.15, -0.1) is 0 Å². The lowest BCUT2D eigenvalue weighted by Gasteiger charge is -2.41. The molecule has 2 N–H and O–H groups in total. The summed E-state index contributed by atoms with van der Waals surface area (Å²) in [6.07, 6.45) is 7.68. The topological polar surface area (TPSA) is 92.4 Å². The second-order valence-electron chi connectivity index (χ2n) is 9.37. The molecule has 2 aliphatic carbocycles. The number of carbonyl (C=O) groups excluding carboxylic acids is 1. The van der Waals surface area contributed by atoms with Crippen LogP contribution in [0.2, 0.25) is 0 Å². The quantitative estimate of drug-likeness (QED) is 0.826. The van der Waals surface area contributed by atoms with Crippen molar-refractivity contribution < 1.29 is 14.3 Å². The number of aromatic nitrogens is 3. The fraction of sp³-hybridized carbons (Fsp3) is 0.850. The summed E-state index contributed by atoms with van der Waals surface area (Å²) in [5.41, 5.74) is -0.0548. The van der Waals surface area contributed by atoms with E-state index in [1.807, 2.05) is 4.90 Å². The number of nitrogens with zero attached hydrogens (tertiary/aromatic N) is 3. The van der Waals surface area contributed by atoms with Crippen molar-refractivity contribution in [2.24, 2.45) is 11.8 Å². The summed E-state index contributed by atoms with van der Waals surface area (Å²) in [6, 6.07) is 0.0227. The van der Waals surface area contributed by atoms with Gasteiger partial charge in [-0.3, -0.25) is 5.10 Å². The lowest BCUT2D eigenvalue weighted by atomic mass is 9.88. The lowest BCUT2D eigenvalue weighted by molar-refractivity contribution is -0.0649. The Hall–Kier alpha value is -1.67. The number of likely N-dealkylation sites (tertiary alicyclic amines) is 1. The van der Waals surface area contributed by atoms with E-state index in [-0.39, 0.29) is 23.8 Å². The normalized spacial score (nSPS) is 39.4. The molecule has 28 heavy (non-hydrogen) atoms. The first-order valence-electron chi connectivity index (χ1n) is 10.9. The minimum atomic E-state index is -0.0548. The molecule has 5 aliphatic rings. The van der Waals surface area contributed by atoms with Crippen LogP contribution < -0.4 is 5.32 Å². The Morgan fingerprint density at radius 2 is 2.25 bits per heavy atom. The molecule has 1 aromatic rings. The van der Waals surface area contributed by atoms with E-state index in [0.717, 1.165) is 62.9 Å². The molecule has 0 aromatic carbocycles. The molecule has 5 fully saturated rings. The monoisotopic (exact) mass is 387 g/mol. The van der Waals surface area contributed by atoms with Gasteiger partial charge in [0.05, 0.1) is 24.9 Å². The lowest BCUT2D eigenvalue weighted by Crippen LogP contribution is -2.54. The number of nitrogens with one attached hydrogen (secondary N) is 2. The number of amides is 2. The molecule has 0 bridgehead atoms. The van der Waals surface area contributed by atoms with Gasteiger partial charge in [0.1, 0.15) is 6.10 Å². The van der Waals surface area contributed by atoms with Gasteiger partial charge in [-0.05, 0) is 56.8 Å². The number of hydrogen-bond donors (Lipinski definition) is 2. The molecule has 2 amide bonds. The molecule has 1 unspecified atom stereocenters. The van der Waals surface area contributed by atoms with Crippen LogP contribution in [-0.4, -0.2) is 64.1 Å². The summed E-state index contributed by atoms with van der Waals surface area (Å²) >= 11 is 0. The van der Waals surface area contributed by atoms with Crippen LogP contribution in [0.1, 0.15) is 68.6 Å². The summed E-state index contributed by atoms with van der Waals surface area (Å²) in [6.45, 7) is 3.01. The largest absolute Gasteiger partial charge is 0.373 e. The van der Waals surface area contributed by atoms with E-state index in [0.29, 0.717) is 18.4 Å². The van der Waals surface area contributed by atoms with Gasteiger partial charge in [-0.25, -0.2) is 9.78 Å². The fourth-order valence-corrected chi connectivity index (χ4v) is 5.43. The van der Waals surface area contributed by atoms with Gasteiger partial charge in [0.2, 0.25) is 0 Å². The van der Waals surface area contributed by atoms with Crippen LogP contribution in [0.5, 0.6) is 0 Å². The second kappa shape index (κ2) is 6.42. The van der Waals surface area contributed by atoms with Crippen molar-refractivity contribution in [2.45, 2.75) is 68.7 Å². The van der Waals surface area contributed by atoms with Gasteiger partial charge in [0, 0.05) is 19.0 Å². The molecular weight excluding hydrogens is 358 g/mol. The van der Waals surface area contributed by atoms with E-state index in [1.54, 1.807) is 0 Å². The van der Waals surface area contributed by atoms with Crippen molar-refractivity contribution in [3.8, 4) is 0 Å². The Morgan fingerprint density at radius 1 is 1.32 bits per heavy atom. The molecule has 3 saturated heterocycles. The van der Waals surface area contributed by atoms with E-state index in [2.05, 4.69) is 20.5 Å². The average Bonchev–Trinajstić information content (AvgIpc) is 3.58. The molecule has 4 heterocycles. The number of rotatable bonds is 4. The predicted molar refractivity (Wildman–Crippen MR) is 99.7 cm³/mol. The van der Waals surface area contributed by atoms with Gasteiger partial charge >= 0.3 is 6.03 Å². The Morgan fingerprint density at radius 3 is 3.04 bits per heavy atom. The third kappa shape index (κ3) is 3.01. The minimum absolute atomic E-state index is 0.0227. The van der Waals surface area contributed by atoms with E-state index in [9.17, 15) is 4.79 Å². The molecular formula is C20H29N5O3. The number of ether oxygens (including phenoxy) is 2. The first-order chi connectivity index (χ1) is 13.7. The zero-order valence-corrected chi connectivity index (χ0v) is 16.2. The van der Waals surface area contributed by atoms with Crippen LogP contribution in [-0.2, 0) is 9.47 Å². The van der Waals surface area contributed by atoms with Crippen molar-refractivity contribution in [1.29, 1.82) is 0 Å². The first-order valence-corrected chi connectivity index (χ1v) is 10.9. The van der Waals surface area contributed by atoms with E-state index in [4.69, 9.17) is 9.47 Å². The van der Waals surface area contributed by atoms with E-state index < -0.39 is 0 Å². The van der Waals surface area contributed by atoms with Crippen molar-refractivity contribution in [3.05, 3.63) is 11.6 Å². The smallest absolute Gasteiger partial charge is 0.317 e. The molecule has 6 rings (SSSR count). The van der Waals surface area contributed by atoms with Gasteiger partial charge in [0.25, 0.3) is 0 Å². The van der Waals surface area contributed by atoms with Crippen LogP contribution in [0.25, 0.3) is 0 Å². The summed E-state index contributed by atoms with van der Waals surface area (Å²) < 4.78 is 12.2. The maximum atomic E-state index is 12.7. The predicted octanol–water partition coefficient (Wildman–Crippen LogP) is 2.11. The van der Waals surface area contributed by atoms with Gasteiger partial charge in [0.15, 0.2) is 11.6 Å². The van der Waals surface area contributed by atoms with Crippen LogP contribution in [0.4, 0.5) is 4.79 Å². The van der Waals surface area contributed by atoms with Crippen LogP contribution in [0, 0.1) is 11.8 Å². The highest BCUT2D eigenvalue weighted by Gasteiger charge is 2.60. The standard InChI is InChI=1S/C20H29N5O3/c26-19(25-7-1-6-20(11-25)15-8-13(15)10-27-20)21-9-14-4-5-16(28-14)18-22-17(23-24-18)12-2-3-12/h12-16H,1-11H2,(H,21,26)(H,22,23,24)/t13-,14-,15-,16+,20?/m0/s1. The number of H-pyrrole nitrogens is 1. The van der Waals surface area contributed by atoms with Crippen LogP contribution in [0.3, 0.4) is 0 Å². The molecule has 152 valence electrons. The maximum absolute atomic E-state index is 12.7. The molecule has 3 aliphatic heterocycles. The number of aromatic amines is 1. The third-order valence-corrected chi connectivity index (χ3v) is 7.31. The van der Waals surface area contributed by atoms with Gasteiger partial charge < -0.3 is 19.7 Å². The Kier molecular flexibility index (Phi) is 3.95. The zero-order valence-electron chi connectivity index (χ0n) is 16.2. The molecule has 5 atom stereocenters. The Balaban J connectivity index is 1.00. The summed E-state index contributed by atoms with van der Waals surface area (Å²) in [5.74, 6) is 3.75. The number of carbonyl (C=O) groups is 1. The molecule has 0 radical (unpaired) electrons. The highest BCUT2D eigenvalue weighted by atomic mass is 16.5. The number of hydrogen-bond acceptors (Lipinski definition) is 5. The SMILES string of the molecule is O=C(NC[C@@H]1CC[C@H](c2nc(C3CC3)n[nH]2)O1)N1CCCC2(C1)OC[C@@H]1C[C@@H]12. The van der Waals surface area contributed by atoms with E-state index in [1.165, 1.54) is 19.3 Å². The highest BCUT2D eigenvalue weighted by Crippen LogP contribution is 2.57. The second-order valence-corrected chi connectivity index (χ2v) is 9.37. The summed E-state index contributed by atoms with van der Waals surface area (Å²) in [4.78, 5) is 19.3. The average molecular weight is 387 g/mol. The summed E-state index contributed by atoms with van der Waals surface area (Å²) in [5, 5.41) is 10.5. The zero-order chi connectivity index (χ0) is 18.7. The van der Waals surface area contributed by atoms with Crippen LogP contribution in [0.15, 0.2) is 0 Å². The van der Waals surface area contributed by atoms with Gasteiger partial charge in [-0.2, -0.15) is 5.10 Å². The van der Waals surface area contributed by atoms with Crippen molar-refractivity contribution in [3.63, 3.8) is 0 Å². The fourth-order valence-electron chi connectivity index (χ4n) is 5.43. The van der Waals surface area contributed by atoms with Crippen molar-refractivity contribution in [2.75, 3.05) is 26.2 Å². The molecule has 1 aromatic heterocycles. The maximum Gasteiger partial charge on any atom is 0.317 e. The van der Waals surface area contributed by atoms with Crippen molar-refractivity contribution >= 4 is 6.03 Å². The van der Waals surface area contributed by atoms with Gasteiger partial charge in [-0.1, -0.05) is 0 Å². The Labute approximate surface area is 164 Å². The third-order valence-electron chi connectivity index (χ3n) is 7.31. The molecule has 8 heteroatoms. The highest BCUT2D eigenvalue weighted by molar-refractivity contribution is 5.74. The van der Waals surface area contributed by atoms with Crippen molar-refractivity contribution in [1.82, 2.24) is 25.4 Å². The minimum Gasteiger partial charge on any atom is -0.373 e. The first kappa shape index (κ1) is 17.2. The van der Waals surface area contributed by atoms with E-state index >= 15 is 0 Å². The Bertz CT molecular complexity index is 765. The molecule has 8 nitrogen and oxygen atoms in total. The number of urea groups is 1. The number of piperidine rings is 1. The molecule has 1 spiro atoms. The molecule has 2 saturated carbocycles. The van der Waals surface area contributed by atoms with Crippen LogP contribution >= 0.6 is 0 Å². The summed E-state index contributed by atoms with van der Waals surface area (Å²) in [7, 11) is 0. The number of fused-ring (bicyclic) bond motifs is 2.